The standard InChI is InChI=1S/C21H39N3S/c1-24-18-14-10-6-2-3-9-13-17-21(24)23-22-19-15-11-7-4-5-8-12-16-20(19)25/h2,6,19-21,25H,3-5,7-18H2,1H3/b6-2-,23-22?. The second-order valence-electron chi connectivity index (χ2n) is 7.92. The van der Waals surface area contributed by atoms with Crippen LogP contribution in [0.4, 0.5) is 0 Å². The van der Waals surface area contributed by atoms with Gasteiger partial charge in [-0.1, -0.05) is 50.7 Å². The van der Waals surface area contributed by atoms with E-state index in [1.165, 1.54) is 77.0 Å². The molecule has 0 N–H and O–H groups in total. The summed E-state index contributed by atoms with van der Waals surface area (Å²) < 4.78 is 0. The van der Waals surface area contributed by atoms with Crippen molar-refractivity contribution in [2.24, 2.45) is 10.2 Å². The number of allylic oxidation sites excluding steroid dienone is 2. The molecule has 1 heterocycles. The Hall–Kier alpha value is -0.350. The first-order valence-electron chi connectivity index (χ1n) is 10.7. The van der Waals surface area contributed by atoms with E-state index < -0.39 is 0 Å². The van der Waals surface area contributed by atoms with Crippen molar-refractivity contribution in [3.63, 3.8) is 0 Å². The second kappa shape index (κ2) is 12.9. The van der Waals surface area contributed by atoms with E-state index in [0.29, 0.717) is 11.3 Å². The monoisotopic (exact) mass is 365 g/mol. The highest BCUT2D eigenvalue weighted by molar-refractivity contribution is 7.81. The summed E-state index contributed by atoms with van der Waals surface area (Å²) in [6, 6.07) is 0.315. The van der Waals surface area contributed by atoms with Gasteiger partial charge in [0.25, 0.3) is 0 Å². The minimum absolute atomic E-state index is 0.258. The average Bonchev–Trinajstić information content (AvgIpc) is 2.66. The van der Waals surface area contributed by atoms with Crippen LogP contribution < -0.4 is 0 Å². The molecule has 0 aromatic rings. The highest BCUT2D eigenvalue weighted by atomic mass is 32.1. The van der Waals surface area contributed by atoms with E-state index in [2.05, 4.69) is 24.1 Å². The first kappa shape index (κ1) is 21.0. The van der Waals surface area contributed by atoms with Gasteiger partial charge in [-0.05, 0) is 58.4 Å². The van der Waals surface area contributed by atoms with Crippen LogP contribution in [0.25, 0.3) is 0 Å². The molecule has 3 nitrogen and oxygen atoms in total. The van der Waals surface area contributed by atoms with Gasteiger partial charge in [0.05, 0.1) is 6.04 Å². The number of rotatable bonds is 2. The van der Waals surface area contributed by atoms with Gasteiger partial charge in [-0.25, -0.2) is 0 Å². The Kier molecular flexibility index (Phi) is 10.8. The first-order valence-corrected chi connectivity index (χ1v) is 11.2. The van der Waals surface area contributed by atoms with Crippen molar-refractivity contribution in [1.29, 1.82) is 0 Å². The highest BCUT2D eigenvalue weighted by Crippen LogP contribution is 2.24. The number of hydrogen-bond donors (Lipinski definition) is 1. The number of hydrogen-bond acceptors (Lipinski definition) is 4. The van der Waals surface area contributed by atoms with Gasteiger partial charge < -0.3 is 0 Å². The van der Waals surface area contributed by atoms with Crippen molar-refractivity contribution in [3.8, 4) is 0 Å². The average molecular weight is 366 g/mol. The van der Waals surface area contributed by atoms with Crippen molar-refractivity contribution < 1.29 is 0 Å². The summed E-state index contributed by atoms with van der Waals surface area (Å²) in [7, 11) is 2.22. The largest absolute Gasteiger partial charge is 0.283 e. The van der Waals surface area contributed by atoms with Crippen molar-refractivity contribution in [2.75, 3.05) is 13.6 Å². The van der Waals surface area contributed by atoms with Crippen LogP contribution in [0, 0.1) is 0 Å². The topological polar surface area (TPSA) is 28.0 Å². The molecule has 1 saturated carbocycles. The lowest BCUT2D eigenvalue weighted by Crippen LogP contribution is -2.31. The van der Waals surface area contributed by atoms with Crippen molar-refractivity contribution >= 4 is 12.6 Å². The smallest absolute Gasteiger partial charge is 0.123 e. The summed E-state index contributed by atoms with van der Waals surface area (Å²) in [5, 5.41) is 10.1. The maximum atomic E-state index is 4.88. The summed E-state index contributed by atoms with van der Waals surface area (Å²) in [4.78, 5) is 2.41. The van der Waals surface area contributed by atoms with Gasteiger partial charge in [0.15, 0.2) is 0 Å². The van der Waals surface area contributed by atoms with Crippen LogP contribution in [0.1, 0.15) is 89.9 Å². The van der Waals surface area contributed by atoms with Crippen LogP contribution in [-0.2, 0) is 0 Å². The fraction of sp³-hybridized carbons (Fsp3) is 0.905. The second-order valence-corrected chi connectivity index (χ2v) is 8.59. The SMILES string of the molecule is CN1CCC/C=C\CCCCC1N=NC1CCCCCCCCC1S. The molecule has 1 aliphatic carbocycles. The summed E-state index contributed by atoms with van der Waals surface area (Å²) >= 11 is 4.88. The third kappa shape index (κ3) is 8.72. The Bertz CT molecular complexity index is 397. The lowest BCUT2D eigenvalue weighted by molar-refractivity contribution is 0.220. The van der Waals surface area contributed by atoms with Crippen molar-refractivity contribution in [2.45, 2.75) is 107 Å². The molecule has 0 aromatic heterocycles. The van der Waals surface area contributed by atoms with Crippen LogP contribution in [0.15, 0.2) is 22.4 Å². The zero-order chi connectivity index (χ0) is 17.7. The Morgan fingerprint density at radius 1 is 0.760 bits per heavy atom. The quantitative estimate of drug-likeness (QED) is 0.342. The van der Waals surface area contributed by atoms with Gasteiger partial charge in [0.1, 0.15) is 6.17 Å². The molecule has 1 fully saturated rings. The molecule has 0 radical (unpaired) electrons. The van der Waals surface area contributed by atoms with E-state index >= 15 is 0 Å². The minimum Gasteiger partial charge on any atom is -0.283 e. The predicted octanol–water partition coefficient (Wildman–Crippen LogP) is 6.41. The van der Waals surface area contributed by atoms with Gasteiger partial charge in [0, 0.05) is 11.8 Å². The molecule has 25 heavy (non-hydrogen) atoms. The maximum Gasteiger partial charge on any atom is 0.123 e. The van der Waals surface area contributed by atoms with Gasteiger partial charge in [-0.15, -0.1) is 0 Å². The van der Waals surface area contributed by atoms with Crippen LogP contribution in [0.5, 0.6) is 0 Å². The minimum atomic E-state index is 0.258. The molecule has 2 rings (SSSR count). The van der Waals surface area contributed by atoms with Gasteiger partial charge in [-0.3, -0.25) is 4.90 Å². The molecule has 0 saturated heterocycles. The van der Waals surface area contributed by atoms with E-state index in [0.717, 1.165) is 19.4 Å². The van der Waals surface area contributed by atoms with Gasteiger partial charge in [-0.2, -0.15) is 22.9 Å². The summed E-state index contributed by atoms with van der Waals surface area (Å²) in [6.45, 7) is 1.11. The molecule has 0 amide bonds. The number of thiol groups is 1. The molecule has 144 valence electrons. The predicted molar refractivity (Wildman–Crippen MR) is 112 cm³/mol. The van der Waals surface area contributed by atoms with E-state index in [-0.39, 0.29) is 6.17 Å². The van der Waals surface area contributed by atoms with Gasteiger partial charge in [0.2, 0.25) is 0 Å². The number of azo groups is 1. The number of nitrogens with zero attached hydrogens (tertiary/aromatic N) is 3. The molecule has 1 aliphatic heterocycles. The Morgan fingerprint density at radius 3 is 2.20 bits per heavy atom. The Labute approximate surface area is 161 Å². The fourth-order valence-corrected chi connectivity index (χ4v) is 4.29. The van der Waals surface area contributed by atoms with Crippen LogP contribution in [0.2, 0.25) is 0 Å². The molecule has 3 unspecified atom stereocenters. The summed E-state index contributed by atoms with van der Waals surface area (Å²) in [5.74, 6) is 0. The van der Waals surface area contributed by atoms with E-state index in [4.69, 9.17) is 22.9 Å². The van der Waals surface area contributed by atoms with Crippen molar-refractivity contribution in [3.05, 3.63) is 12.2 Å². The highest BCUT2D eigenvalue weighted by Gasteiger charge is 2.20. The molecule has 0 aromatic carbocycles. The van der Waals surface area contributed by atoms with Crippen LogP contribution >= 0.6 is 12.6 Å². The molecular weight excluding hydrogens is 326 g/mol. The molecular formula is C21H39N3S. The Balaban J connectivity index is 1.93. The third-order valence-corrected chi connectivity index (χ3v) is 6.28. The van der Waals surface area contributed by atoms with Crippen molar-refractivity contribution in [1.82, 2.24) is 4.90 Å². The normalized spacial score (nSPS) is 33.6. The zero-order valence-corrected chi connectivity index (χ0v) is 17.2. The molecule has 0 spiro atoms. The maximum absolute atomic E-state index is 4.88. The fourth-order valence-electron chi connectivity index (χ4n) is 3.89. The van der Waals surface area contributed by atoms with E-state index in [9.17, 15) is 0 Å². The summed E-state index contributed by atoms with van der Waals surface area (Å²) in [6.07, 6.45) is 22.7. The lowest BCUT2D eigenvalue weighted by atomic mass is 9.97. The molecule has 3 atom stereocenters. The third-order valence-electron chi connectivity index (χ3n) is 5.68. The van der Waals surface area contributed by atoms with Gasteiger partial charge >= 0.3 is 0 Å². The summed E-state index contributed by atoms with van der Waals surface area (Å²) in [5.41, 5.74) is 0. The molecule has 4 heteroatoms. The van der Waals surface area contributed by atoms with Crippen LogP contribution in [-0.4, -0.2) is 35.9 Å². The van der Waals surface area contributed by atoms with Crippen LogP contribution in [0.3, 0.4) is 0 Å². The van der Waals surface area contributed by atoms with E-state index in [1.807, 2.05) is 0 Å². The first-order chi connectivity index (χ1) is 12.3. The zero-order valence-electron chi connectivity index (χ0n) is 16.3. The lowest BCUT2D eigenvalue weighted by Gasteiger charge is -2.25. The molecule has 2 aliphatic rings. The van der Waals surface area contributed by atoms with E-state index in [1.54, 1.807) is 0 Å². The molecule has 0 bridgehead atoms. The Morgan fingerprint density at radius 2 is 1.40 bits per heavy atom.